The molecule has 0 saturated carbocycles. The summed E-state index contributed by atoms with van der Waals surface area (Å²) in [5.41, 5.74) is 0. The molecule has 1 atom stereocenters. The minimum Gasteiger partial charge on any atom is -0.376 e. The molecular formula is C11H12N2O3S. The molecule has 3 heterocycles. The molecule has 0 amide bonds. The van der Waals surface area contributed by atoms with Gasteiger partial charge in [0.05, 0.1) is 17.5 Å². The van der Waals surface area contributed by atoms with E-state index in [0.717, 1.165) is 24.3 Å². The molecule has 0 N–H and O–H groups in total. The van der Waals surface area contributed by atoms with Crippen LogP contribution in [0.5, 0.6) is 0 Å². The molecule has 5 nitrogen and oxygen atoms in total. The standard InChI is InChI=1S/C11H12N2O3S/c14-11-13(7-8-3-1-5-15-8)10(12-16-11)9-4-2-6-17-9/h2,4,6,8H,1,3,5,7H2. The first-order valence-electron chi connectivity index (χ1n) is 5.56. The van der Waals surface area contributed by atoms with Crippen molar-refractivity contribution in [1.29, 1.82) is 0 Å². The molecule has 0 aliphatic carbocycles. The highest BCUT2D eigenvalue weighted by atomic mass is 32.1. The van der Waals surface area contributed by atoms with Crippen LogP contribution in [0.15, 0.2) is 26.8 Å². The van der Waals surface area contributed by atoms with Crippen LogP contribution in [0.25, 0.3) is 10.7 Å². The number of ether oxygens (including phenoxy) is 1. The largest absolute Gasteiger partial charge is 0.441 e. The van der Waals surface area contributed by atoms with Gasteiger partial charge in [0.25, 0.3) is 0 Å². The van der Waals surface area contributed by atoms with E-state index < -0.39 is 5.76 Å². The summed E-state index contributed by atoms with van der Waals surface area (Å²) in [7, 11) is 0. The predicted octanol–water partition coefficient (Wildman–Crippen LogP) is 1.74. The van der Waals surface area contributed by atoms with Gasteiger partial charge in [0, 0.05) is 6.61 Å². The normalized spacial score (nSPS) is 19.9. The Morgan fingerprint density at radius 1 is 1.59 bits per heavy atom. The monoisotopic (exact) mass is 252 g/mol. The van der Waals surface area contributed by atoms with E-state index in [-0.39, 0.29) is 6.10 Å². The van der Waals surface area contributed by atoms with Gasteiger partial charge in [-0.1, -0.05) is 11.2 Å². The molecule has 3 rings (SSSR count). The number of hydrogen-bond acceptors (Lipinski definition) is 5. The van der Waals surface area contributed by atoms with E-state index in [1.165, 1.54) is 11.3 Å². The Labute approximate surface area is 102 Å². The maximum absolute atomic E-state index is 11.6. The van der Waals surface area contributed by atoms with Crippen molar-refractivity contribution in [2.75, 3.05) is 6.61 Å². The van der Waals surface area contributed by atoms with E-state index in [2.05, 4.69) is 5.16 Å². The molecule has 90 valence electrons. The van der Waals surface area contributed by atoms with Gasteiger partial charge in [0.2, 0.25) is 0 Å². The van der Waals surface area contributed by atoms with Gasteiger partial charge in [-0.2, -0.15) is 0 Å². The molecule has 1 saturated heterocycles. The maximum atomic E-state index is 11.6. The van der Waals surface area contributed by atoms with Gasteiger partial charge >= 0.3 is 5.76 Å². The fourth-order valence-electron chi connectivity index (χ4n) is 2.00. The first-order valence-corrected chi connectivity index (χ1v) is 6.44. The van der Waals surface area contributed by atoms with Crippen molar-refractivity contribution in [3.63, 3.8) is 0 Å². The molecule has 2 aromatic heterocycles. The lowest BCUT2D eigenvalue weighted by molar-refractivity contribution is 0.0956. The molecule has 0 aromatic carbocycles. The quantitative estimate of drug-likeness (QED) is 0.835. The lowest BCUT2D eigenvalue weighted by atomic mass is 10.2. The van der Waals surface area contributed by atoms with Crippen molar-refractivity contribution < 1.29 is 9.26 Å². The fourth-order valence-corrected chi connectivity index (χ4v) is 2.72. The summed E-state index contributed by atoms with van der Waals surface area (Å²) < 4.78 is 11.8. The van der Waals surface area contributed by atoms with Crippen LogP contribution < -0.4 is 5.76 Å². The average Bonchev–Trinajstić information content (AvgIpc) is 3.03. The van der Waals surface area contributed by atoms with Crippen LogP contribution in [-0.2, 0) is 11.3 Å². The highest BCUT2D eigenvalue weighted by molar-refractivity contribution is 7.13. The molecule has 1 aliphatic rings. The van der Waals surface area contributed by atoms with Crippen LogP contribution in [0.2, 0.25) is 0 Å². The summed E-state index contributed by atoms with van der Waals surface area (Å²) in [4.78, 5) is 12.5. The molecule has 0 spiro atoms. The van der Waals surface area contributed by atoms with Crippen molar-refractivity contribution in [2.45, 2.75) is 25.5 Å². The number of nitrogens with zero attached hydrogens (tertiary/aromatic N) is 2. The number of aromatic nitrogens is 2. The Morgan fingerprint density at radius 3 is 3.24 bits per heavy atom. The molecule has 2 aromatic rings. The van der Waals surface area contributed by atoms with Crippen LogP contribution in [0.3, 0.4) is 0 Å². The van der Waals surface area contributed by atoms with E-state index in [1.807, 2.05) is 17.5 Å². The van der Waals surface area contributed by atoms with Crippen molar-refractivity contribution in [3.8, 4) is 10.7 Å². The highest BCUT2D eigenvalue weighted by Crippen LogP contribution is 2.23. The maximum Gasteiger partial charge on any atom is 0.441 e. The Bertz CT molecular complexity index is 537. The van der Waals surface area contributed by atoms with Crippen LogP contribution >= 0.6 is 11.3 Å². The Balaban J connectivity index is 1.92. The zero-order chi connectivity index (χ0) is 11.7. The molecular weight excluding hydrogens is 240 g/mol. The number of thiophene rings is 1. The SMILES string of the molecule is O=c1onc(-c2cccs2)n1CC1CCCO1. The highest BCUT2D eigenvalue weighted by Gasteiger charge is 2.21. The van der Waals surface area contributed by atoms with E-state index >= 15 is 0 Å². The third-order valence-electron chi connectivity index (χ3n) is 2.84. The molecule has 6 heteroatoms. The number of rotatable bonds is 3. The van der Waals surface area contributed by atoms with Gasteiger partial charge in [-0.15, -0.1) is 11.3 Å². The fraction of sp³-hybridized carbons (Fsp3) is 0.455. The summed E-state index contributed by atoms with van der Waals surface area (Å²) >= 11 is 1.54. The minimum absolute atomic E-state index is 0.103. The summed E-state index contributed by atoms with van der Waals surface area (Å²) in [6.45, 7) is 1.30. The average molecular weight is 252 g/mol. The van der Waals surface area contributed by atoms with Crippen molar-refractivity contribution in [2.24, 2.45) is 0 Å². The Hall–Kier alpha value is -1.40. The molecule has 0 bridgehead atoms. The molecule has 1 fully saturated rings. The summed E-state index contributed by atoms with van der Waals surface area (Å²) in [6, 6.07) is 3.85. The predicted molar refractivity (Wildman–Crippen MR) is 63.1 cm³/mol. The molecule has 17 heavy (non-hydrogen) atoms. The lowest BCUT2D eigenvalue weighted by Gasteiger charge is -2.09. The van der Waals surface area contributed by atoms with Crippen LogP contribution in [0.1, 0.15) is 12.8 Å². The lowest BCUT2D eigenvalue weighted by Crippen LogP contribution is -2.23. The van der Waals surface area contributed by atoms with Gasteiger partial charge in [0.15, 0.2) is 5.82 Å². The topological polar surface area (TPSA) is 57.3 Å². The molecule has 1 aliphatic heterocycles. The van der Waals surface area contributed by atoms with Gasteiger partial charge in [-0.3, -0.25) is 9.09 Å². The van der Waals surface area contributed by atoms with Crippen molar-refractivity contribution in [3.05, 3.63) is 28.1 Å². The van der Waals surface area contributed by atoms with Gasteiger partial charge in [0.1, 0.15) is 0 Å². The van der Waals surface area contributed by atoms with Gasteiger partial charge < -0.3 is 4.74 Å². The molecule has 1 unspecified atom stereocenters. The minimum atomic E-state index is -0.413. The van der Waals surface area contributed by atoms with Gasteiger partial charge in [-0.25, -0.2) is 4.79 Å². The first kappa shape index (κ1) is 10.7. The van der Waals surface area contributed by atoms with Crippen LogP contribution in [0, 0.1) is 0 Å². The van der Waals surface area contributed by atoms with Crippen LogP contribution in [-0.4, -0.2) is 22.4 Å². The first-order chi connectivity index (χ1) is 8.34. The van der Waals surface area contributed by atoms with Crippen molar-refractivity contribution >= 4 is 11.3 Å². The Kier molecular flexibility index (Phi) is 2.82. The summed E-state index contributed by atoms with van der Waals surface area (Å²) in [5, 5.41) is 5.78. The smallest absolute Gasteiger partial charge is 0.376 e. The Morgan fingerprint density at radius 2 is 2.53 bits per heavy atom. The summed E-state index contributed by atoms with van der Waals surface area (Å²) in [5.74, 6) is 0.185. The van der Waals surface area contributed by atoms with E-state index in [0.29, 0.717) is 12.4 Å². The second-order valence-corrected chi connectivity index (χ2v) is 4.94. The van der Waals surface area contributed by atoms with Gasteiger partial charge in [-0.05, 0) is 24.3 Å². The van der Waals surface area contributed by atoms with Crippen LogP contribution in [0.4, 0.5) is 0 Å². The third kappa shape index (κ3) is 2.05. The van der Waals surface area contributed by atoms with Crippen molar-refractivity contribution in [1.82, 2.24) is 9.72 Å². The molecule has 0 radical (unpaired) electrons. The number of hydrogen-bond donors (Lipinski definition) is 0. The van der Waals surface area contributed by atoms with E-state index in [9.17, 15) is 4.79 Å². The van der Waals surface area contributed by atoms with E-state index in [4.69, 9.17) is 9.26 Å². The third-order valence-corrected chi connectivity index (χ3v) is 3.70. The van der Waals surface area contributed by atoms with E-state index in [1.54, 1.807) is 4.57 Å². The zero-order valence-corrected chi connectivity index (χ0v) is 9.98. The summed E-state index contributed by atoms with van der Waals surface area (Å²) in [6.07, 6.45) is 2.14. The second-order valence-electron chi connectivity index (χ2n) is 4.00. The second kappa shape index (κ2) is 4.46. The zero-order valence-electron chi connectivity index (χ0n) is 9.17.